The summed E-state index contributed by atoms with van der Waals surface area (Å²) < 4.78 is 11.7. The maximum absolute atomic E-state index is 11.7. The van der Waals surface area contributed by atoms with Gasteiger partial charge in [-0.15, -0.1) is 0 Å². The molecule has 2 aromatic rings. The number of fused-ring (bicyclic) bond motifs is 1. The number of nitrogens with zero attached hydrogens (tertiary/aromatic N) is 2. The smallest absolute Gasteiger partial charge is 0.354 e. The van der Waals surface area contributed by atoms with Gasteiger partial charge in [0.05, 0.1) is 19.2 Å². The number of carbonyl (C=O) groups is 1. The predicted molar refractivity (Wildman–Crippen MR) is 62.9 cm³/mol. The highest BCUT2D eigenvalue weighted by Crippen LogP contribution is 2.19. The molecule has 0 amide bonds. The lowest BCUT2D eigenvalue weighted by Gasteiger charge is -2.08. The summed E-state index contributed by atoms with van der Waals surface area (Å²) in [6, 6.07) is 3.65. The van der Waals surface area contributed by atoms with Gasteiger partial charge in [-0.1, -0.05) is 0 Å². The first-order valence-corrected chi connectivity index (χ1v) is 5.28. The van der Waals surface area contributed by atoms with Crippen molar-refractivity contribution in [2.24, 2.45) is 0 Å². The van der Waals surface area contributed by atoms with Crippen molar-refractivity contribution in [1.82, 2.24) is 9.55 Å². The zero-order valence-corrected chi connectivity index (χ0v) is 9.84. The third-order valence-corrected chi connectivity index (χ3v) is 2.62. The molecule has 17 heavy (non-hydrogen) atoms. The van der Waals surface area contributed by atoms with Gasteiger partial charge in [0.25, 0.3) is 0 Å². The molecule has 5 heteroatoms. The monoisotopic (exact) mass is 234 g/mol. The summed E-state index contributed by atoms with van der Waals surface area (Å²) in [5.41, 5.74) is 1.48. The summed E-state index contributed by atoms with van der Waals surface area (Å²) in [6.07, 6.45) is 3.43. The van der Waals surface area contributed by atoms with Gasteiger partial charge in [-0.3, -0.25) is 4.98 Å². The molecule has 0 aliphatic heterocycles. The number of aromatic nitrogens is 2. The lowest BCUT2D eigenvalue weighted by atomic mass is 10.3. The van der Waals surface area contributed by atoms with E-state index in [1.54, 1.807) is 25.6 Å². The zero-order chi connectivity index (χ0) is 12.3. The van der Waals surface area contributed by atoms with Gasteiger partial charge in [-0.2, -0.15) is 0 Å². The molecule has 0 aliphatic rings. The Kier molecular flexibility index (Phi) is 3.39. The van der Waals surface area contributed by atoms with E-state index in [0.29, 0.717) is 18.8 Å². The first-order valence-electron chi connectivity index (χ1n) is 5.28. The standard InChI is InChI=1S/C12H14N2O3/c1-16-6-5-14-10-3-4-13-8-9(10)7-11(14)12(15)17-2/h3-4,7-8H,5-6H2,1-2H3. The minimum atomic E-state index is -0.350. The Morgan fingerprint density at radius 1 is 1.47 bits per heavy atom. The van der Waals surface area contributed by atoms with Gasteiger partial charge in [0, 0.05) is 31.4 Å². The summed E-state index contributed by atoms with van der Waals surface area (Å²) in [5.74, 6) is -0.350. The van der Waals surface area contributed by atoms with Crippen molar-refractivity contribution < 1.29 is 14.3 Å². The molecule has 0 radical (unpaired) electrons. The molecule has 0 saturated carbocycles. The van der Waals surface area contributed by atoms with Crippen LogP contribution in [0.5, 0.6) is 0 Å². The van der Waals surface area contributed by atoms with Crippen LogP contribution in [0.15, 0.2) is 24.5 Å². The minimum absolute atomic E-state index is 0.350. The second-order valence-electron chi connectivity index (χ2n) is 3.60. The Hall–Kier alpha value is -1.88. The maximum Gasteiger partial charge on any atom is 0.354 e. The van der Waals surface area contributed by atoms with Gasteiger partial charge in [0.1, 0.15) is 5.69 Å². The molecule has 0 aliphatic carbocycles. The van der Waals surface area contributed by atoms with Crippen molar-refractivity contribution in [2.45, 2.75) is 6.54 Å². The average molecular weight is 234 g/mol. The van der Waals surface area contributed by atoms with E-state index in [1.807, 2.05) is 10.6 Å². The molecule has 5 nitrogen and oxygen atoms in total. The quantitative estimate of drug-likeness (QED) is 0.752. The average Bonchev–Trinajstić information content (AvgIpc) is 2.74. The summed E-state index contributed by atoms with van der Waals surface area (Å²) in [4.78, 5) is 15.7. The molecular formula is C12H14N2O3. The highest BCUT2D eigenvalue weighted by atomic mass is 16.5. The highest BCUT2D eigenvalue weighted by Gasteiger charge is 2.15. The fourth-order valence-corrected chi connectivity index (χ4v) is 1.81. The lowest BCUT2D eigenvalue weighted by molar-refractivity contribution is 0.0587. The topological polar surface area (TPSA) is 53.4 Å². The second kappa shape index (κ2) is 4.97. The predicted octanol–water partition coefficient (Wildman–Crippen LogP) is 1.47. The first kappa shape index (κ1) is 11.6. The van der Waals surface area contributed by atoms with E-state index in [9.17, 15) is 4.79 Å². The van der Waals surface area contributed by atoms with Crippen molar-refractivity contribution in [1.29, 1.82) is 0 Å². The van der Waals surface area contributed by atoms with E-state index in [-0.39, 0.29) is 5.97 Å². The molecule has 0 bridgehead atoms. The van der Waals surface area contributed by atoms with Crippen LogP contribution in [-0.2, 0) is 16.0 Å². The van der Waals surface area contributed by atoms with Crippen LogP contribution >= 0.6 is 0 Å². The molecule has 2 aromatic heterocycles. The maximum atomic E-state index is 11.7. The largest absolute Gasteiger partial charge is 0.464 e. The van der Waals surface area contributed by atoms with Crippen molar-refractivity contribution in [3.8, 4) is 0 Å². The van der Waals surface area contributed by atoms with Gasteiger partial charge < -0.3 is 14.0 Å². The van der Waals surface area contributed by atoms with Crippen LogP contribution in [0, 0.1) is 0 Å². The number of esters is 1. The van der Waals surface area contributed by atoms with Gasteiger partial charge in [-0.05, 0) is 12.1 Å². The summed E-state index contributed by atoms with van der Waals surface area (Å²) >= 11 is 0. The molecule has 0 N–H and O–H groups in total. The molecule has 0 fully saturated rings. The van der Waals surface area contributed by atoms with Crippen LogP contribution in [0.4, 0.5) is 0 Å². The third-order valence-electron chi connectivity index (χ3n) is 2.62. The van der Waals surface area contributed by atoms with Crippen LogP contribution in [0.25, 0.3) is 10.9 Å². The van der Waals surface area contributed by atoms with Gasteiger partial charge in [-0.25, -0.2) is 4.79 Å². The second-order valence-corrected chi connectivity index (χ2v) is 3.60. The summed E-state index contributed by atoms with van der Waals surface area (Å²) in [6.45, 7) is 1.14. The molecule has 0 atom stereocenters. The number of methoxy groups -OCH3 is 2. The Morgan fingerprint density at radius 2 is 2.29 bits per heavy atom. The lowest BCUT2D eigenvalue weighted by Crippen LogP contribution is -2.13. The van der Waals surface area contributed by atoms with E-state index < -0.39 is 0 Å². The number of hydrogen-bond acceptors (Lipinski definition) is 4. The van der Waals surface area contributed by atoms with E-state index in [4.69, 9.17) is 9.47 Å². The Labute approximate surface area is 99.0 Å². The molecule has 90 valence electrons. The van der Waals surface area contributed by atoms with Crippen LogP contribution in [0.1, 0.15) is 10.5 Å². The molecular weight excluding hydrogens is 220 g/mol. The van der Waals surface area contributed by atoms with Crippen LogP contribution < -0.4 is 0 Å². The van der Waals surface area contributed by atoms with Gasteiger partial charge in [0.15, 0.2) is 0 Å². The van der Waals surface area contributed by atoms with Crippen molar-refractivity contribution in [2.75, 3.05) is 20.8 Å². The first-order chi connectivity index (χ1) is 8.27. The van der Waals surface area contributed by atoms with Crippen molar-refractivity contribution >= 4 is 16.9 Å². The molecule has 0 saturated heterocycles. The molecule has 0 unspecified atom stereocenters. The van der Waals surface area contributed by atoms with Crippen molar-refractivity contribution in [3.63, 3.8) is 0 Å². The fourth-order valence-electron chi connectivity index (χ4n) is 1.81. The Balaban J connectivity index is 2.52. The van der Waals surface area contributed by atoms with Crippen LogP contribution in [0.3, 0.4) is 0 Å². The number of pyridine rings is 1. The minimum Gasteiger partial charge on any atom is -0.464 e. The molecule has 0 spiro atoms. The zero-order valence-electron chi connectivity index (χ0n) is 9.84. The van der Waals surface area contributed by atoms with Gasteiger partial charge in [0.2, 0.25) is 0 Å². The summed E-state index contributed by atoms with van der Waals surface area (Å²) in [5, 5.41) is 0.920. The van der Waals surface area contributed by atoms with Gasteiger partial charge >= 0.3 is 5.97 Å². The van der Waals surface area contributed by atoms with Crippen LogP contribution in [0.2, 0.25) is 0 Å². The number of hydrogen-bond donors (Lipinski definition) is 0. The van der Waals surface area contributed by atoms with Crippen LogP contribution in [-0.4, -0.2) is 36.3 Å². The Bertz CT molecular complexity index is 534. The van der Waals surface area contributed by atoms with E-state index in [2.05, 4.69) is 4.98 Å². The number of ether oxygens (including phenoxy) is 2. The van der Waals surface area contributed by atoms with E-state index >= 15 is 0 Å². The Morgan fingerprint density at radius 3 is 3.00 bits per heavy atom. The highest BCUT2D eigenvalue weighted by molar-refractivity contribution is 5.95. The third kappa shape index (κ3) is 2.14. The molecule has 0 aromatic carbocycles. The molecule has 2 rings (SSSR count). The SMILES string of the molecule is COCCn1c(C(=O)OC)cc2cnccc21. The van der Waals surface area contributed by atoms with Crippen molar-refractivity contribution in [3.05, 3.63) is 30.2 Å². The van der Waals surface area contributed by atoms with E-state index in [0.717, 1.165) is 10.9 Å². The molecule has 2 heterocycles. The number of rotatable bonds is 4. The summed E-state index contributed by atoms with van der Waals surface area (Å²) in [7, 11) is 3.00. The fraction of sp³-hybridized carbons (Fsp3) is 0.333. The number of carbonyl (C=O) groups excluding carboxylic acids is 1. The van der Waals surface area contributed by atoms with E-state index in [1.165, 1.54) is 7.11 Å². The normalized spacial score (nSPS) is 10.7.